The average Bonchev–Trinajstić information content (AvgIpc) is 2.94. The Morgan fingerprint density at radius 1 is 1.30 bits per heavy atom. The summed E-state index contributed by atoms with van der Waals surface area (Å²) >= 11 is 6.09. The van der Waals surface area contributed by atoms with Gasteiger partial charge in [-0.3, -0.25) is 4.68 Å². The Labute approximate surface area is 125 Å². The van der Waals surface area contributed by atoms with Crippen LogP contribution < -0.4 is 0 Å². The van der Waals surface area contributed by atoms with Crippen molar-refractivity contribution < 1.29 is 0 Å². The molecule has 2 aromatic heterocycles. The Hall–Kier alpha value is -1.07. The molecule has 6 heteroatoms. The summed E-state index contributed by atoms with van der Waals surface area (Å²) < 4.78 is 4.15. The number of rotatable bonds is 6. The van der Waals surface area contributed by atoms with Crippen LogP contribution in [0.15, 0.2) is 0 Å². The molecule has 5 nitrogen and oxygen atoms in total. The molecule has 0 N–H and O–H groups in total. The van der Waals surface area contributed by atoms with E-state index in [1.54, 1.807) is 0 Å². The highest BCUT2D eigenvalue weighted by Gasteiger charge is 2.21. The van der Waals surface area contributed by atoms with Crippen LogP contribution in [0.2, 0.25) is 0 Å². The molecule has 0 aliphatic heterocycles. The molecule has 2 aromatic rings. The third kappa shape index (κ3) is 2.56. The van der Waals surface area contributed by atoms with E-state index in [9.17, 15) is 0 Å². The van der Waals surface area contributed by atoms with Crippen molar-refractivity contribution in [2.24, 2.45) is 7.05 Å². The summed E-state index contributed by atoms with van der Waals surface area (Å²) in [5.74, 6) is 1.36. The van der Waals surface area contributed by atoms with Gasteiger partial charge in [0, 0.05) is 19.6 Å². The van der Waals surface area contributed by atoms with Crippen LogP contribution >= 0.6 is 11.6 Å². The molecule has 20 heavy (non-hydrogen) atoms. The number of hydrogen-bond donors (Lipinski definition) is 0. The normalized spacial score (nSPS) is 13.6. The highest BCUT2D eigenvalue weighted by molar-refractivity contribution is 6.16. The SMILES string of the molecule is CCN(CC)CC(C)n1c(CCl)nc2c(C)nn(C)c21. The van der Waals surface area contributed by atoms with E-state index < -0.39 is 0 Å². The Kier molecular flexibility index (Phi) is 4.70. The molecule has 0 bridgehead atoms. The smallest absolute Gasteiger partial charge is 0.158 e. The molecule has 0 aromatic carbocycles. The Bertz CT molecular complexity index is 582. The largest absolute Gasteiger partial charge is 0.308 e. The van der Waals surface area contributed by atoms with Crippen molar-refractivity contribution in [3.05, 3.63) is 11.5 Å². The molecule has 0 saturated heterocycles. The average molecular weight is 298 g/mol. The number of fused-ring (bicyclic) bond motifs is 1. The van der Waals surface area contributed by atoms with E-state index in [2.05, 4.69) is 40.3 Å². The van der Waals surface area contributed by atoms with E-state index in [-0.39, 0.29) is 0 Å². The van der Waals surface area contributed by atoms with E-state index >= 15 is 0 Å². The quantitative estimate of drug-likeness (QED) is 0.770. The second kappa shape index (κ2) is 6.14. The fourth-order valence-corrected chi connectivity index (χ4v) is 3.02. The third-order valence-corrected chi connectivity index (χ3v) is 4.12. The first-order valence-electron chi connectivity index (χ1n) is 7.22. The van der Waals surface area contributed by atoms with E-state index in [1.165, 1.54) is 0 Å². The van der Waals surface area contributed by atoms with Gasteiger partial charge in [-0.05, 0) is 26.9 Å². The summed E-state index contributed by atoms with van der Waals surface area (Å²) in [6.45, 7) is 11.7. The molecule has 0 amide bonds. The predicted octanol–water partition coefficient (Wildman–Crippen LogP) is 2.72. The van der Waals surface area contributed by atoms with Crippen molar-refractivity contribution in [3.63, 3.8) is 0 Å². The molecule has 112 valence electrons. The molecule has 0 saturated carbocycles. The maximum absolute atomic E-state index is 6.09. The van der Waals surface area contributed by atoms with Gasteiger partial charge >= 0.3 is 0 Å². The first-order valence-corrected chi connectivity index (χ1v) is 7.75. The minimum Gasteiger partial charge on any atom is -0.308 e. The van der Waals surface area contributed by atoms with Crippen LogP contribution in [-0.4, -0.2) is 43.9 Å². The second-order valence-electron chi connectivity index (χ2n) is 5.25. The number of likely N-dealkylation sites (N-methyl/N-ethyl adjacent to an activating group) is 1. The van der Waals surface area contributed by atoms with Crippen LogP contribution in [0.4, 0.5) is 0 Å². The van der Waals surface area contributed by atoms with Gasteiger partial charge in [0.05, 0.1) is 11.6 Å². The monoisotopic (exact) mass is 297 g/mol. The van der Waals surface area contributed by atoms with Gasteiger partial charge in [-0.25, -0.2) is 4.98 Å². The number of alkyl halides is 1. The summed E-state index contributed by atoms with van der Waals surface area (Å²) in [5, 5.41) is 4.46. The fourth-order valence-electron chi connectivity index (χ4n) is 2.84. The lowest BCUT2D eigenvalue weighted by atomic mass is 10.3. The highest BCUT2D eigenvalue weighted by Crippen LogP contribution is 2.24. The second-order valence-corrected chi connectivity index (χ2v) is 5.52. The summed E-state index contributed by atoms with van der Waals surface area (Å²) in [4.78, 5) is 7.08. The summed E-state index contributed by atoms with van der Waals surface area (Å²) in [6, 6.07) is 0.323. The zero-order chi connectivity index (χ0) is 14.9. The van der Waals surface area contributed by atoms with Crippen molar-refractivity contribution in [2.45, 2.75) is 39.6 Å². The zero-order valence-corrected chi connectivity index (χ0v) is 13.8. The summed E-state index contributed by atoms with van der Waals surface area (Å²) in [5.41, 5.74) is 3.00. The van der Waals surface area contributed by atoms with Crippen LogP contribution in [0.5, 0.6) is 0 Å². The van der Waals surface area contributed by atoms with Gasteiger partial charge in [0.2, 0.25) is 0 Å². The van der Waals surface area contributed by atoms with E-state index in [0.717, 1.165) is 42.3 Å². The van der Waals surface area contributed by atoms with Crippen LogP contribution in [0.3, 0.4) is 0 Å². The number of imidazole rings is 1. The Morgan fingerprint density at radius 3 is 2.50 bits per heavy atom. The molecular formula is C14H24ClN5. The first kappa shape index (κ1) is 15.3. The topological polar surface area (TPSA) is 38.9 Å². The van der Waals surface area contributed by atoms with Gasteiger partial charge in [0.25, 0.3) is 0 Å². The van der Waals surface area contributed by atoms with Gasteiger partial charge < -0.3 is 9.47 Å². The van der Waals surface area contributed by atoms with Crippen molar-refractivity contribution >= 4 is 22.8 Å². The van der Waals surface area contributed by atoms with Gasteiger partial charge in [-0.2, -0.15) is 5.10 Å². The first-order chi connectivity index (χ1) is 9.53. The molecule has 1 unspecified atom stereocenters. The van der Waals surface area contributed by atoms with Crippen LogP contribution in [0, 0.1) is 6.92 Å². The van der Waals surface area contributed by atoms with E-state index in [4.69, 9.17) is 11.6 Å². The molecule has 0 fully saturated rings. The molecule has 0 radical (unpaired) electrons. The number of halogens is 1. The molecule has 2 rings (SSSR count). The van der Waals surface area contributed by atoms with E-state index in [0.29, 0.717) is 11.9 Å². The number of aromatic nitrogens is 4. The number of hydrogen-bond acceptors (Lipinski definition) is 3. The zero-order valence-electron chi connectivity index (χ0n) is 13.0. The Balaban J connectivity index is 2.45. The van der Waals surface area contributed by atoms with Gasteiger partial charge in [0.1, 0.15) is 11.3 Å². The summed E-state index contributed by atoms with van der Waals surface area (Å²) in [7, 11) is 1.97. The van der Waals surface area contributed by atoms with Crippen molar-refractivity contribution in [2.75, 3.05) is 19.6 Å². The third-order valence-electron chi connectivity index (χ3n) is 3.89. The van der Waals surface area contributed by atoms with Crippen molar-refractivity contribution in [1.29, 1.82) is 0 Å². The molecule has 2 heterocycles. The maximum Gasteiger partial charge on any atom is 0.158 e. The van der Waals surface area contributed by atoms with Gasteiger partial charge in [-0.15, -0.1) is 11.6 Å². The van der Waals surface area contributed by atoms with Crippen LogP contribution in [0.1, 0.15) is 38.3 Å². The predicted molar refractivity (Wildman–Crippen MR) is 83.3 cm³/mol. The fraction of sp³-hybridized carbons (Fsp3) is 0.714. The maximum atomic E-state index is 6.09. The molecule has 1 atom stereocenters. The Morgan fingerprint density at radius 2 is 1.95 bits per heavy atom. The molecule has 0 aliphatic rings. The minimum atomic E-state index is 0.323. The van der Waals surface area contributed by atoms with Crippen molar-refractivity contribution in [1.82, 2.24) is 24.2 Å². The van der Waals surface area contributed by atoms with E-state index in [1.807, 2.05) is 18.7 Å². The molecule has 0 spiro atoms. The van der Waals surface area contributed by atoms with Crippen molar-refractivity contribution in [3.8, 4) is 0 Å². The lowest BCUT2D eigenvalue weighted by Crippen LogP contribution is -2.30. The summed E-state index contributed by atoms with van der Waals surface area (Å²) in [6.07, 6.45) is 0. The highest BCUT2D eigenvalue weighted by atomic mass is 35.5. The minimum absolute atomic E-state index is 0.323. The van der Waals surface area contributed by atoms with Crippen LogP contribution in [0.25, 0.3) is 11.2 Å². The standard InChI is InChI=1S/C14H24ClN5/c1-6-19(7-2)9-10(3)20-12(8-15)16-13-11(4)17-18(5)14(13)20/h10H,6-9H2,1-5H3. The lowest BCUT2D eigenvalue weighted by Gasteiger charge is -2.25. The molecule has 0 aliphatic carbocycles. The number of aryl methyl sites for hydroxylation is 2. The lowest BCUT2D eigenvalue weighted by molar-refractivity contribution is 0.261. The number of nitrogens with zero attached hydrogens (tertiary/aromatic N) is 5. The molecular weight excluding hydrogens is 274 g/mol. The van der Waals surface area contributed by atoms with Gasteiger partial charge in [0.15, 0.2) is 5.65 Å². The van der Waals surface area contributed by atoms with Gasteiger partial charge in [-0.1, -0.05) is 13.8 Å². The van der Waals surface area contributed by atoms with Crippen LogP contribution in [-0.2, 0) is 12.9 Å².